The quantitative estimate of drug-likeness (QED) is 0.683. The van der Waals surface area contributed by atoms with Crippen LogP contribution in [0.1, 0.15) is 41.7 Å². The molecule has 0 radical (unpaired) electrons. The molecule has 1 fully saturated rings. The molecule has 6 nitrogen and oxygen atoms in total. The summed E-state index contributed by atoms with van der Waals surface area (Å²) in [6.45, 7) is 0.496. The number of nitrogens with one attached hydrogen (secondary N) is 1. The summed E-state index contributed by atoms with van der Waals surface area (Å²) in [6.07, 6.45) is 5.51. The number of amides is 1. The molecule has 1 aromatic heterocycles. The average molecular weight is 403 g/mol. The molecule has 2 N–H and O–H groups in total. The van der Waals surface area contributed by atoms with Crippen molar-refractivity contribution in [3.05, 3.63) is 82.3 Å². The molecule has 0 spiro atoms. The van der Waals surface area contributed by atoms with Crippen LogP contribution in [0.2, 0.25) is 0 Å². The minimum atomic E-state index is -0.752. The van der Waals surface area contributed by atoms with E-state index in [0.717, 1.165) is 31.2 Å². The van der Waals surface area contributed by atoms with Gasteiger partial charge in [-0.2, -0.15) is 5.10 Å². The predicted molar refractivity (Wildman–Crippen MR) is 116 cm³/mol. The number of aromatic hydroxyl groups is 1. The zero-order chi connectivity index (χ0) is 21.1. The van der Waals surface area contributed by atoms with Crippen LogP contribution >= 0.6 is 0 Å². The third-order valence-corrected chi connectivity index (χ3v) is 6.02. The molecule has 0 aliphatic heterocycles. The Bertz CT molecular complexity index is 1100. The summed E-state index contributed by atoms with van der Waals surface area (Å²) < 4.78 is 1.54. The molecule has 1 amide bonds. The second kappa shape index (κ2) is 8.14. The maximum absolute atomic E-state index is 12.1. The van der Waals surface area contributed by atoms with E-state index in [2.05, 4.69) is 46.8 Å². The molecule has 0 bridgehead atoms. The summed E-state index contributed by atoms with van der Waals surface area (Å²) in [5.41, 5.74) is 2.36. The first-order valence-corrected chi connectivity index (χ1v) is 10.2. The molecule has 1 heterocycles. The molecule has 1 aliphatic rings. The first-order valence-electron chi connectivity index (χ1n) is 10.2. The summed E-state index contributed by atoms with van der Waals surface area (Å²) in [7, 11) is 1.44. The van der Waals surface area contributed by atoms with Crippen molar-refractivity contribution in [3.8, 4) is 16.9 Å². The highest BCUT2D eigenvalue weighted by atomic mass is 16.3. The summed E-state index contributed by atoms with van der Waals surface area (Å²) in [6, 6.07) is 18.8. The minimum absolute atomic E-state index is 0.149. The molecule has 6 heteroatoms. The van der Waals surface area contributed by atoms with Gasteiger partial charge in [0.1, 0.15) is 0 Å². The first kappa shape index (κ1) is 19.9. The van der Waals surface area contributed by atoms with Crippen molar-refractivity contribution in [2.75, 3.05) is 7.05 Å². The van der Waals surface area contributed by atoms with E-state index in [1.165, 1.54) is 29.1 Å². The lowest BCUT2D eigenvalue weighted by molar-refractivity contribution is 0.0953. The van der Waals surface area contributed by atoms with Gasteiger partial charge in [0.25, 0.3) is 11.3 Å². The predicted octanol–water partition coefficient (Wildman–Crippen LogP) is 3.49. The number of nitrogens with zero attached hydrogens (tertiary/aromatic N) is 2. The lowest BCUT2D eigenvalue weighted by atomic mass is 9.78. The highest BCUT2D eigenvalue weighted by Crippen LogP contribution is 2.43. The van der Waals surface area contributed by atoms with Gasteiger partial charge in [-0.3, -0.25) is 14.3 Å². The fourth-order valence-corrected chi connectivity index (χ4v) is 4.42. The topological polar surface area (TPSA) is 84.2 Å². The molecule has 154 valence electrons. The van der Waals surface area contributed by atoms with Gasteiger partial charge in [0.2, 0.25) is 0 Å². The Morgan fingerprint density at radius 3 is 2.33 bits per heavy atom. The summed E-state index contributed by atoms with van der Waals surface area (Å²) >= 11 is 0. The van der Waals surface area contributed by atoms with Crippen LogP contribution in [-0.2, 0) is 12.0 Å². The monoisotopic (exact) mass is 403 g/mol. The van der Waals surface area contributed by atoms with Crippen LogP contribution in [0.3, 0.4) is 0 Å². The zero-order valence-corrected chi connectivity index (χ0v) is 17.0. The highest BCUT2D eigenvalue weighted by Gasteiger charge is 2.36. The van der Waals surface area contributed by atoms with E-state index in [4.69, 9.17) is 0 Å². The van der Waals surface area contributed by atoms with Gasteiger partial charge in [-0.25, -0.2) is 0 Å². The summed E-state index contributed by atoms with van der Waals surface area (Å²) in [5, 5.41) is 16.7. The fourth-order valence-electron chi connectivity index (χ4n) is 4.42. The maximum Gasteiger partial charge on any atom is 0.275 e. The number of rotatable bonds is 5. The number of carbonyl (C=O) groups is 1. The lowest BCUT2D eigenvalue weighted by Gasteiger charge is -2.30. The van der Waals surface area contributed by atoms with Crippen LogP contribution in [0.4, 0.5) is 0 Å². The van der Waals surface area contributed by atoms with Crippen LogP contribution in [0.25, 0.3) is 11.1 Å². The molecule has 30 heavy (non-hydrogen) atoms. The van der Waals surface area contributed by atoms with Gasteiger partial charge in [-0.1, -0.05) is 67.4 Å². The van der Waals surface area contributed by atoms with Gasteiger partial charge in [0.15, 0.2) is 11.4 Å². The van der Waals surface area contributed by atoms with E-state index in [-0.39, 0.29) is 11.1 Å². The highest BCUT2D eigenvalue weighted by molar-refractivity contribution is 5.92. The second-order valence-electron chi connectivity index (χ2n) is 7.90. The standard InChI is InChI=1S/C24H25N3O3/c1-25-23(30)21-22(29)20(28)15-27(26-21)16-24(13-5-6-14-24)19-11-9-18(10-12-19)17-7-3-2-4-8-17/h2-4,7-12,15,28H,5-6,13-14,16H2,1H3,(H,25,30). The summed E-state index contributed by atoms with van der Waals surface area (Å²) in [5.74, 6) is -1.06. The van der Waals surface area contributed by atoms with E-state index >= 15 is 0 Å². The lowest BCUT2D eigenvalue weighted by Crippen LogP contribution is -2.33. The molecule has 1 aliphatic carbocycles. The second-order valence-corrected chi connectivity index (χ2v) is 7.90. The molecule has 0 saturated heterocycles. The van der Waals surface area contributed by atoms with Crippen LogP contribution in [0, 0.1) is 0 Å². The van der Waals surface area contributed by atoms with Crippen molar-refractivity contribution < 1.29 is 9.90 Å². The van der Waals surface area contributed by atoms with Gasteiger partial charge >= 0.3 is 0 Å². The molecule has 4 rings (SSSR count). The Kier molecular flexibility index (Phi) is 5.40. The molecule has 1 saturated carbocycles. The van der Waals surface area contributed by atoms with E-state index in [9.17, 15) is 14.7 Å². The Labute approximate surface area is 175 Å². The van der Waals surface area contributed by atoms with Gasteiger partial charge in [-0.15, -0.1) is 0 Å². The Morgan fingerprint density at radius 2 is 1.70 bits per heavy atom. The number of benzene rings is 2. The third-order valence-electron chi connectivity index (χ3n) is 6.02. The van der Waals surface area contributed by atoms with E-state index < -0.39 is 17.1 Å². The van der Waals surface area contributed by atoms with Gasteiger partial charge in [-0.05, 0) is 29.5 Å². The van der Waals surface area contributed by atoms with E-state index in [0.29, 0.717) is 6.54 Å². The first-order chi connectivity index (χ1) is 14.5. The molecular weight excluding hydrogens is 378 g/mol. The van der Waals surface area contributed by atoms with E-state index in [1.807, 2.05) is 18.2 Å². The van der Waals surface area contributed by atoms with Gasteiger partial charge < -0.3 is 10.4 Å². The SMILES string of the molecule is CNC(=O)c1nn(CC2(c3ccc(-c4ccccc4)cc3)CCCC2)cc(O)c1=O. The molecular formula is C24H25N3O3. The zero-order valence-electron chi connectivity index (χ0n) is 17.0. The Balaban J connectivity index is 1.68. The largest absolute Gasteiger partial charge is 0.503 e. The van der Waals surface area contributed by atoms with Crippen molar-refractivity contribution >= 4 is 5.91 Å². The molecule has 0 atom stereocenters. The number of aromatic nitrogens is 2. The van der Waals surface area contributed by atoms with Gasteiger partial charge in [0, 0.05) is 12.5 Å². The van der Waals surface area contributed by atoms with Crippen LogP contribution < -0.4 is 10.7 Å². The Hall–Kier alpha value is -3.41. The maximum atomic E-state index is 12.1. The molecule has 0 unspecified atom stereocenters. The normalized spacial score (nSPS) is 15.1. The minimum Gasteiger partial charge on any atom is -0.503 e. The van der Waals surface area contributed by atoms with Crippen LogP contribution in [0.5, 0.6) is 5.75 Å². The van der Waals surface area contributed by atoms with E-state index in [1.54, 1.807) is 0 Å². The molecule has 3 aromatic rings. The van der Waals surface area contributed by atoms with Crippen molar-refractivity contribution in [1.82, 2.24) is 15.1 Å². The number of hydrogen-bond acceptors (Lipinski definition) is 4. The third kappa shape index (κ3) is 3.73. The number of hydrogen-bond donors (Lipinski definition) is 2. The van der Waals surface area contributed by atoms with Crippen molar-refractivity contribution in [3.63, 3.8) is 0 Å². The van der Waals surface area contributed by atoms with Crippen LogP contribution in [-0.4, -0.2) is 27.8 Å². The Morgan fingerprint density at radius 1 is 1.07 bits per heavy atom. The van der Waals surface area contributed by atoms with Crippen molar-refractivity contribution in [2.24, 2.45) is 0 Å². The van der Waals surface area contributed by atoms with Gasteiger partial charge in [0.05, 0.1) is 12.7 Å². The summed E-state index contributed by atoms with van der Waals surface area (Å²) in [4.78, 5) is 24.1. The average Bonchev–Trinajstić information content (AvgIpc) is 3.26. The molecule has 2 aromatic carbocycles. The van der Waals surface area contributed by atoms with Crippen LogP contribution in [0.15, 0.2) is 65.6 Å². The fraction of sp³-hybridized carbons (Fsp3) is 0.292. The number of carbonyl (C=O) groups excluding carboxylic acids is 1. The van der Waals surface area contributed by atoms with Crippen molar-refractivity contribution in [1.29, 1.82) is 0 Å². The van der Waals surface area contributed by atoms with Crippen molar-refractivity contribution in [2.45, 2.75) is 37.6 Å². The smallest absolute Gasteiger partial charge is 0.275 e.